The normalized spacial score (nSPS) is 23.3. The van der Waals surface area contributed by atoms with Gasteiger partial charge in [0, 0.05) is 38.2 Å². The van der Waals surface area contributed by atoms with Crippen LogP contribution in [0.4, 0.5) is 5.95 Å². The summed E-state index contributed by atoms with van der Waals surface area (Å²) in [6.07, 6.45) is 5.07. The van der Waals surface area contributed by atoms with Crippen LogP contribution in [0.5, 0.6) is 0 Å². The Morgan fingerprint density at radius 1 is 1.44 bits per heavy atom. The van der Waals surface area contributed by atoms with E-state index in [0.717, 1.165) is 37.6 Å². The molecule has 2 atom stereocenters. The number of hydrogen-bond acceptors (Lipinski definition) is 5. The van der Waals surface area contributed by atoms with Crippen molar-refractivity contribution in [1.29, 1.82) is 0 Å². The van der Waals surface area contributed by atoms with Crippen molar-refractivity contribution in [3.8, 4) is 0 Å². The van der Waals surface area contributed by atoms with Crippen LogP contribution in [0.25, 0.3) is 0 Å². The molecule has 100 valence electrons. The lowest BCUT2D eigenvalue weighted by Gasteiger charge is -2.26. The van der Waals surface area contributed by atoms with Crippen LogP contribution in [-0.4, -0.2) is 42.3 Å². The first-order valence-corrected chi connectivity index (χ1v) is 6.58. The van der Waals surface area contributed by atoms with E-state index in [1.54, 1.807) is 0 Å². The second-order valence-electron chi connectivity index (χ2n) is 4.71. The van der Waals surface area contributed by atoms with Gasteiger partial charge in [0.05, 0.1) is 12.1 Å². The van der Waals surface area contributed by atoms with Crippen molar-refractivity contribution in [2.75, 3.05) is 25.1 Å². The number of hydrogen-bond donors (Lipinski definition) is 1. The smallest absolute Gasteiger partial charge is 0.225 e. The number of nitrogens with one attached hydrogen (secondary N) is 1. The highest BCUT2D eigenvalue weighted by molar-refractivity contribution is 5.31. The van der Waals surface area contributed by atoms with E-state index in [0.29, 0.717) is 6.04 Å². The molecule has 2 heterocycles. The van der Waals surface area contributed by atoms with Crippen LogP contribution in [0, 0.1) is 0 Å². The van der Waals surface area contributed by atoms with Gasteiger partial charge in [-0.15, -0.1) is 0 Å². The number of nitrogens with zero attached hydrogens (tertiary/aromatic N) is 3. The summed E-state index contributed by atoms with van der Waals surface area (Å²) in [5, 5.41) is 3.26. The highest BCUT2D eigenvalue weighted by atomic mass is 16.5. The molecule has 18 heavy (non-hydrogen) atoms. The predicted molar refractivity (Wildman–Crippen MR) is 71.6 cm³/mol. The summed E-state index contributed by atoms with van der Waals surface area (Å²) in [5.41, 5.74) is 1.12. The Morgan fingerprint density at radius 2 is 2.17 bits per heavy atom. The Morgan fingerprint density at radius 3 is 2.72 bits per heavy atom. The summed E-state index contributed by atoms with van der Waals surface area (Å²) in [7, 11) is 2.04. The Kier molecular flexibility index (Phi) is 4.49. The van der Waals surface area contributed by atoms with Gasteiger partial charge in [-0.3, -0.25) is 0 Å². The van der Waals surface area contributed by atoms with E-state index in [1.165, 1.54) is 0 Å². The molecular formula is C13H22N4O. The molecule has 1 aliphatic heterocycles. The second kappa shape index (κ2) is 6.11. The van der Waals surface area contributed by atoms with E-state index < -0.39 is 0 Å². The molecule has 2 rings (SSSR count). The zero-order valence-corrected chi connectivity index (χ0v) is 11.4. The van der Waals surface area contributed by atoms with Gasteiger partial charge in [0.1, 0.15) is 0 Å². The van der Waals surface area contributed by atoms with E-state index in [9.17, 15) is 0 Å². The fraction of sp³-hybridized carbons (Fsp3) is 0.692. The standard InChI is InChI=1S/C13H22N4O/c1-4-14-7-11-8-15-13(16-9-11)17(3)12-5-6-18-10(12)2/h8-10,12,14H,4-7H2,1-3H3. The minimum atomic E-state index is 0.250. The van der Waals surface area contributed by atoms with Gasteiger partial charge >= 0.3 is 0 Å². The highest BCUT2D eigenvalue weighted by Gasteiger charge is 2.29. The van der Waals surface area contributed by atoms with E-state index in [1.807, 2.05) is 19.4 Å². The quantitative estimate of drug-likeness (QED) is 0.851. The van der Waals surface area contributed by atoms with E-state index in [4.69, 9.17) is 4.74 Å². The third-order valence-corrected chi connectivity index (χ3v) is 3.42. The van der Waals surface area contributed by atoms with Crippen molar-refractivity contribution < 1.29 is 4.74 Å². The van der Waals surface area contributed by atoms with Crippen LogP contribution >= 0.6 is 0 Å². The maximum Gasteiger partial charge on any atom is 0.225 e. The molecular weight excluding hydrogens is 228 g/mol. The van der Waals surface area contributed by atoms with Gasteiger partial charge in [-0.2, -0.15) is 0 Å². The lowest BCUT2D eigenvalue weighted by Crippen LogP contribution is -2.37. The number of aromatic nitrogens is 2. The zero-order valence-electron chi connectivity index (χ0n) is 11.4. The van der Waals surface area contributed by atoms with Crippen molar-refractivity contribution in [2.24, 2.45) is 0 Å². The Bertz CT molecular complexity index is 368. The molecule has 0 amide bonds. The van der Waals surface area contributed by atoms with Crippen LogP contribution < -0.4 is 10.2 Å². The molecule has 5 heteroatoms. The third-order valence-electron chi connectivity index (χ3n) is 3.42. The van der Waals surface area contributed by atoms with Gasteiger partial charge in [-0.05, 0) is 19.9 Å². The number of anilines is 1. The van der Waals surface area contributed by atoms with Crippen molar-refractivity contribution in [1.82, 2.24) is 15.3 Å². The predicted octanol–water partition coefficient (Wildman–Crippen LogP) is 1.20. The van der Waals surface area contributed by atoms with Crippen LogP contribution in [-0.2, 0) is 11.3 Å². The summed E-state index contributed by atoms with van der Waals surface area (Å²) < 4.78 is 5.58. The van der Waals surface area contributed by atoms with Gasteiger partial charge < -0.3 is 15.0 Å². The SMILES string of the molecule is CCNCc1cnc(N(C)C2CCOC2C)nc1. The third kappa shape index (κ3) is 2.97. The lowest BCUT2D eigenvalue weighted by atomic mass is 10.1. The average Bonchev–Trinajstić information content (AvgIpc) is 2.82. The molecule has 0 saturated carbocycles. The molecule has 0 radical (unpaired) electrons. The Labute approximate surface area is 109 Å². The molecule has 1 aliphatic rings. The van der Waals surface area contributed by atoms with E-state index in [-0.39, 0.29) is 6.10 Å². The summed E-state index contributed by atoms with van der Waals surface area (Å²) in [4.78, 5) is 11.0. The fourth-order valence-corrected chi connectivity index (χ4v) is 2.27. The zero-order chi connectivity index (χ0) is 13.0. The summed E-state index contributed by atoms with van der Waals surface area (Å²) in [5.74, 6) is 0.776. The first-order valence-electron chi connectivity index (χ1n) is 6.58. The fourth-order valence-electron chi connectivity index (χ4n) is 2.27. The largest absolute Gasteiger partial charge is 0.376 e. The lowest BCUT2D eigenvalue weighted by molar-refractivity contribution is 0.118. The Balaban J connectivity index is 2.00. The topological polar surface area (TPSA) is 50.3 Å². The van der Waals surface area contributed by atoms with Crippen molar-refractivity contribution in [3.05, 3.63) is 18.0 Å². The maximum atomic E-state index is 5.58. The molecule has 1 aromatic heterocycles. The monoisotopic (exact) mass is 250 g/mol. The minimum Gasteiger partial charge on any atom is -0.376 e. The molecule has 0 bridgehead atoms. The summed E-state index contributed by atoms with van der Waals surface area (Å²) in [6.45, 7) is 6.80. The minimum absolute atomic E-state index is 0.250. The van der Waals surface area contributed by atoms with Gasteiger partial charge in [0.15, 0.2) is 0 Å². The Hall–Kier alpha value is -1.20. The van der Waals surface area contributed by atoms with Gasteiger partial charge in [0.25, 0.3) is 0 Å². The molecule has 2 unspecified atom stereocenters. The molecule has 5 nitrogen and oxygen atoms in total. The molecule has 1 aromatic rings. The van der Waals surface area contributed by atoms with Gasteiger partial charge in [-0.1, -0.05) is 6.92 Å². The highest BCUT2D eigenvalue weighted by Crippen LogP contribution is 2.21. The molecule has 1 fully saturated rings. The van der Waals surface area contributed by atoms with Crippen LogP contribution in [0.2, 0.25) is 0 Å². The van der Waals surface area contributed by atoms with Crippen molar-refractivity contribution >= 4 is 5.95 Å². The van der Waals surface area contributed by atoms with E-state index >= 15 is 0 Å². The van der Waals surface area contributed by atoms with Crippen molar-refractivity contribution in [2.45, 2.75) is 39.0 Å². The molecule has 1 N–H and O–H groups in total. The van der Waals surface area contributed by atoms with Gasteiger partial charge in [0.2, 0.25) is 5.95 Å². The van der Waals surface area contributed by atoms with Gasteiger partial charge in [-0.25, -0.2) is 9.97 Å². The average molecular weight is 250 g/mol. The van der Waals surface area contributed by atoms with Crippen molar-refractivity contribution in [3.63, 3.8) is 0 Å². The molecule has 0 spiro atoms. The van der Waals surface area contributed by atoms with E-state index in [2.05, 4.69) is 34.0 Å². The van der Waals surface area contributed by atoms with Crippen LogP contribution in [0.1, 0.15) is 25.8 Å². The number of ether oxygens (including phenoxy) is 1. The summed E-state index contributed by atoms with van der Waals surface area (Å²) in [6, 6.07) is 0.379. The molecule has 1 saturated heterocycles. The maximum absolute atomic E-state index is 5.58. The first-order chi connectivity index (χ1) is 8.72. The summed E-state index contributed by atoms with van der Waals surface area (Å²) >= 11 is 0. The second-order valence-corrected chi connectivity index (χ2v) is 4.71. The number of rotatable bonds is 5. The first kappa shape index (κ1) is 13.2. The molecule has 0 aliphatic carbocycles. The molecule has 0 aromatic carbocycles. The number of likely N-dealkylation sites (N-methyl/N-ethyl adjacent to an activating group) is 1. The van der Waals surface area contributed by atoms with Crippen LogP contribution in [0.3, 0.4) is 0 Å². The van der Waals surface area contributed by atoms with Crippen LogP contribution in [0.15, 0.2) is 12.4 Å².